The molecule has 1 aromatic rings. The summed E-state index contributed by atoms with van der Waals surface area (Å²) in [4.78, 5) is 5.20. The number of nitrogens with two attached hydrogens (primary N) is 1. The minimum Gasteiger partial charge on any atom is -0.369 e. The van der Waals surface area contributed by atoms with Crippen LogP contribution < -0.4 is 10.6 Å². The summed E-state index contributed by atoms with van der Waals surface area (Å²) in [6, 6.07) is 9.89. The smallest absolute Gasteiger partial charge is 0.0400 e. The predicted molar refractivity (Wildman–Crippen MR) is 80.6 cm³/mol. The Morgan fingerprint density at radius 2 is 1.84 bits per heavy atom. The van der Waals surface area contributed by atoms with Crippen LogP contribution >= 0.6 is 0 Å². The summed E-state index contributed by atoms with van der Waals surface area (Å²) in [6.45, 7) is 6.84. The molecule has 2 fully saturated rings. The maximum absolute atomic E-state index is 5.97. The van der Waals surface area contributed by atoms with Crippen molar-refractivity contribution in [1.82, 2.24) is 4.90 Å². The number of benzene rings is 1. The van der Waals surface area contributed by atoms with E-state index in [1.807, 2.05) is 0 Å². The summed E-state index contributed by atoms with van der Waals surface area (Å²) >= 11 is 0. The monoisotopic (exact) mass is 259 g/mol. The van der Waals surface area contributed by atoms with Crippen LogP contribution in [0.5, 0.6) is 0 Å². The van der Waals surface area contributed by atoms with Crippen molar-refractivity contribution in [2.24, 2.45) is 5.73 Å². The van der Waals surface area contributed by atoms with E-state index in [1.54, 1.807) is 0 Å². The van der Waals surface area contributed by atoms with Crippen LogP contribution in [0.25, 0.3) is 0 Å². The minimum atomic E-state index is 0.230. The second kappa shape index (κ2) is 5.51. The lowest BCUT2D eigenvalue weighted by Gasteiger charge is -2.37. The summed E-state index contributed by atoms with van der Waals surface area (Å²) in [7, 11) is 0. The first-order valence-electron chi connectivity index (χ1n) is 7.56. The number of nitrogens with zero attached hydrogens (tertiary/aromatic N) is 2. The highest BCUT2D eigenvalue weighted by atomic mass is 15.3. The third kappa shape index (κ3) is 3.10. The molecule has 0 aromatic heterocycles. The molecule has 3 rings (SSSR count). The molecule has 1 heterocycles. The molecule has 0 radical (unpaired) electrons. The number of hydrogen-bond donors (Lipinski definition) is 1. The predicted octanol–water partition coefficient (Wildman–Crippen LogP) is 1.86. The minimum absolute atomic E-state index is 0.230. The van der Waals surface area contributed by atoms with Gasteiger partial charge in [-0.3, -0.25) is 4.90 Å². The maximum Gasteiger partial charge on any atom is 0.0400 e. The van der Waals surface area contributed by atoms with Gasteiger partial charge in [0.1, 0.15) is 0 Å². The number of anilines is 1. The van der Waals surface area contributed by atoms with Crippen LogP contribution in [0.2, 0.25) is 0 Å². The molecule has 0 amide bonds. The van der Waals surface area contributed by atoms with Crippen LogP contribution in [-0.2, 0) is 6.42 Å². The lowest BCUT2D eigenvalue weighted by molar-refractivity contribution is 0.248. The zero-order valence-corrected chi connectivity index (χ0v) is 11.9. The van der Waals surface area contributed by atoms with E-state index >= 15 is 0 Å². The molecule has 2 N–H and O–H groups in total. The molecule has 19 heavy (non-hydrogen) atoms. The van der Waals surface area contributed by atoms with E-state index in [1.165, 1.54) is 37.2 Å². The van der Waals surface area contributed by atoms with Gasteiger partial charge >= 0.3 is 0 Å². The zero-order valence-electron chi connectivity index (χ0n) is 11.9. The Kier molecular flexibility index (Phi) is 3.76. The first-order valence-corrected chi connectivity index (χ1v) is 7.56. The van der Waals surface area contributed by atoms with Gasteiger partial charge in [0, 0.05) is 44.0 Å². The fourth-order valence-corrected chi connectivity index (χ4v) is 3.11. The van der Waals surface area contributed by atoms with E-state index in [4.69, 9.17) is 5.73 Å². The Morgan fingerprint density at radius 1 is 1.16 bits per heavy atom. The number of hydrogen-bond acceptors (Lipinski definition) is 3. The van der Waals surface area contributed by atoms with Crippen LogP contribution in [0.1, 0.15) is 25.3 Å². The van der Waals surface area contributed by atoms with Gasteiger partial charge in [-0.2, -0.15) is 0 Å². The third-order valence-electron chi connectivity index (χ3n) is 4.25. The number of para-hydroxylation sites is 1. The van der Waals surface area contributed by atoms with Crippen LogP contribution in [0.15, 0.2) is 24.3 Å². The van der Waals surface area contributed by atoms with Gasteiger partial charge in [-0.25, -0.2) is 0 Å². The largest absolute Gasteiger partial charge is 0.369 e. The molecule has 0 bridgehead atoms. The first-order chi connectivity index (χ1) is 9.24. The van der Waals surface area contributed by atoms with Gasteiger partial charge in [0.25, 0.3) is 0 Å². The van der Waals surface area contributed by atoms with Crippen molar-refractivity contribution < 1.29 is 0 Å². The third-order valence-corrected chi connectivity index (χ3v) is 4.25. The van der Waals surface area contributed by atoms with Crippen molar-refractivity contribution in [3.8, 4) is 0 Å². The van der Waals surface area contributed by atoms with Gasteiger partial charge in [-0.05, 0) is 37.8 Å². The van der Waals surface area contributed by atoms with Gasteiger partial charge in [-0.1, -0.05) is 18.2 Å². The summed E-state index contributed by atoms with van der Waals surface area (Å²) in [5, 5.41) is 0. The van der Waals surface area contributed by atoms with Gasteiger partial charge < -0.3 is 10.6 Å². The topological polar surface area (TPSA) is 32.5 Å². The lowest BCUT2D eigenvalue weighted by atomic mass is 10.0. The summed E-state index contributed by atoms with van der Waals surface area (Å²) in [5.74, 6) is 0. The summed E-state index contributed by atoms with van der Waals surface area (Å²) < 4.78 is 0. The highest BCUT2D eigenvalue weighted by molar-refractivity contribution is 5.54. The molecule has 1 aliphatic carbocycles. The number of piperazine rings is 1. The zero-order chi connectivity index (χ0) is 13.2. The fourth-order valence-electron chi connectivity index (χ4n) is 3.11. The molecular formula is C16H25N3. The molecule has 3 nitrogen and oxygen atoms in total. The molecule has 1 atom stereocenters. The highest BCUT2D eigenvalue weighted by Crippen LogP contribution is 2.29. The van der Waals surface area contributed by atoms with E-state index < -0.39 is 0 Å². The van der Waals surface area contributed by atoms with Gasteiger partial charge in [0.2, 0.25) is 0 Å². The first kappa shape index (κ1) is 12.9. The van der Waals surface area contributed by atoms with Gasteiger partial charge in [-0.15, -0.1) is 0 Å². The van der Waals surface area contributed by atoms with Gasteiger partial charge in [0.05, 0.1) is 0 Å². The van der Waals surface area contributed by atoms with Crippen molar-refractivity contribution in [2.45, 2.75) is 38.3 Å². The van der Waals surface area contributed by atoms with Crippen molar-refractivity contribution in [1.29, 1.82) is 0 Å². The molecular weight excluding hydrogens is 234 g/mol. The van der Waals surface area contributed by atoms with Crippen LogP contribution in [-0.4, -0.2) is 43.2 Å². The molecule has 0 spiro atoms. The van der Waals surface area contributed by atoms with Crippen LogP contribution in [0.3, 0.4) is 0 Å². The van der Waals surface area contributed by atoms with Crippen molar-refractivity contribution in [3.63, 3.8) is 0 Å². The summed E-state index contributed by atoms with van der Waals surface area (Å²) in [5.41, 5.74) is 8.76. The number of rotatable bonds is 4. The van der Waals surface area contributed by atoms with E-state index in [2.05, 4.69) is 41.0 Å². The lowest BCUT2D eigenvalue weighted by Crippen LogP contribution is -2.47. The van der Waals surface area contributed by atoms with E-state index in [9.17, 15) is 0 Å². The van der Waals surface area contributed by atoms with Gasteiger partial charge in [0.15, 0.2) is 0 Å². The Hall–Kier alpha value is -1.06. The van der Waals surface area contributed by atoms with Crippen molar-refractivity contribution >= 4 is 5.69 Å². The van der Waals surface area contributed by atoms with E-state index in [0.717, 1.165) is 25.6 Å². The van der Waals surface area contributed by atoms with Crippen molar-refractivity contribution in [3.05, 3.63) is 29.8 Å². The second-order valence-corrected chi connectivity index (χ2v) is 6.06. The molecule has 3 heteroatoms. The molecule has 104 valence electrons. The normalized spacial score (nSPS) is 22.5. The molecule has 1 saturated carbocycles. The molecule has 1 saturated heterocycles. The van der Waals surface area contributed by atoms with Crippen LogP contribution in [0.4, 0.5) is 5.69 Å². The Labute approximate surface area is 116 Å². The van der Waals surface area contributed by atoms with Crippen molar-refractivity contribution in [2.75, 3.05) is 31.1 Å². The highest BCUT2D eigenvalue weighted by Gasteiger charge is 2.31. The average molecular weight is 259 g/mol. The molecule has 1 unspecified atom stereocenters. The standard InChI is InChI=1S/C16H25N3/c1-13(17)12-14-4-2-3-5-16(14)19-10-8-18(9-11-19)15-6-7-15/h2-5,13,15H,6-12,17H2,1H3. The Morgan fingerprint density at radius 3 is 2.47 bits per heavy atom. The Balaban J connectivity index is 1.68. The average Bonchev–Trinajstić information content (AvgIpc) is 3.23. The SMILES string of the molecule is CC(N)Cc1ccccc1N1CCN(C2CC2)CC1. The van der Waals surface area contributed by atoms with E-state index in [-0.39, 0.29) is 6.04 Å². The maximum atomic E-state index is 5.97. The Bertz CT molecular complexity index is 418. The quantitative estimate of drug-likeness (QED) is 0.896. The molecule has 2 aliphatic rings. The summed E-state index contributed by atoms with van der Waals surface area (Å²) in [6.07, 6.45) is 3.81. The molecule has 1 aliphatic heterocycles. The fraction of sp³-hybridized carbons (Fsp3) is 0.625. The molecule has 1 aromatic carbocycles. The second-order valence-electron chi connectivity index (χ2n) is 6.06. The van der Waals surface area contributed by atoms with Crippen LogP contribution in [0, 0.1) is 0 Å². The van der Waals surface area contributed by atoms with E-state index in [0.29, 0.717) is 0 Å².